The second-order valence-corrected chi connectivity index (χ2v) is 7.62. The number of benzene rings is 3. The molecule has 0 spiro atoms. The normalized spacial score (nSPS) is 10.6. The zero-order valence-electron chi connectivity index (χ0n) is 17.6. The number of carbonyl (C=O) groups is 2. The van der Waals surface area contributed by atoms with Crippen LogP contribution in [0.5, 0.6) is 11.5 Å². The summed E-state index contributed by atoms with van der Waals surface area (Å²) in [4.78, 5) is 23.5. The fourth-order valence-electron chi connectivity index (χ4n) is 2.86. The zero-order chi connectivity index (χ0) is 22.9. The first-order chi connectivity index (χ1) is 15.5. The number of hydrogen-bond acceptors (Lipinski definition) is 5. The van der Waals surface area contributed by atoms with Crippen molar-refractivity contribution in [3.8, 4) is 11.5 Å². The second-order valence-electron chi connectivity index (χ2n) is 6.77. The lowest BCUT2D eigenvalue weighted by Gasteiger charge is -2.13. The van der Waals surface area contributed by atoms with Crippen LogP contribution in [0.25, 0.3) is 0 Å². The molecule has 0 bridgehead atoms. The Morgan fingerprint density at radius 2 is 1.84 bits per heavy atom. The number of hydrogen-bond donors (Lipinski definition) is 2. The van der Waals surface area contributed by atoms with E-state index in [2.05, 4.69) is 31.8 Å². The quantitative estimate of drug-likeness (QED) is 0.348. The molecule has 0 atom stereocenters. The lowest BCUT2D eigenvalue weighted by atomic mass is 10.2. The first-order valence-electron chi connectivity index (χ1n) is 9.71. The van der Waals surface area contributed by atoms with Gasteiger partial charge in [0.05, 0.1) is 17.8 Å². The van der Waals surface area contributed by atoms with Crippen LogP contribution in [0.1, 0.15) is 28.4 Å². The molecule has 2 amide bonds. The number of ether oxygens (including phenoxy) is 2. The topological polar surface area (TPSA) is 89.0 Å². The van der Waals surface area contributed by atoms with Crippen molar-refractivity contribution in [1.82, 2.24) is 5.43 Å². The molecule has 3 aromatic rings. The molecule has 0 aliphatic rings. The molecule has 0 aliphatic heterocycles. The van der Waals surface area contributed by atoms with Gasteiger partial charge in [-0.3, -0.25) is 9.59 Å². The van der Waals surface area contributed by atoms with Crippen LogP contribution in [0.2, 0.25) is 0 Å². The fourth-order valence-corrected chi connectivity index (χ4v) is 3.43. The Labute approximate surface area is 194 Å². The number of hydrazone groups is 1. The highest BCUT2D eigenvalue weighted by Gasteiger charge is 2.12. The van der Waals surface area contributed by atoms with E-state index in [1.54, 1.807) is 37.4 Å². The smallest absolute Gasteiger partial charge is 0.271 e. The number of halogens is 1. The third-order valence-corrected chi connectivity index (χ3v) is 4.89. The maximum absolute atomic E-state index is 12.3. The average molecular weight is 496 g/mol. The number of amides is 2. The van der Waals surface area contributed by atoms with E-state index >= 15 is 0 Å². The van der Waals surface area contributed by atoms with Crippen molar-refractivity contribution in [3.05, 3.63) is 87.9 Å². The van der Waals surface area contributed by atoms with Crippen LogP contribution in [-0.2, 0) is 11.4 Å². The summed E-state index contributed by atoms with van der Waals surface area (Å²) in [6.07, 6.45) is 1.50. The Hall–Kier alpha value is -3.65. The molecule has 0 heterocycles. The summed E-state index contributed by atoms with van der Waals surface area (Å²) in [5, 5.41) is 6.66. The van der Waals surface area contributed by atoms with Crippen LogP contribution in [0.3, 0.4) is 0 Å². The van der Waals surface area contributed by atoms with Crippen molar-refractivity contribution in [2.75, 3.05) is 12.4 Å². The second kappa shape index (κ2) is 11.1. The maximum atomic E-state index is 12.3. The van der Waals surface area contributed by atoms with Gasteiger partial charge in [0.1, 0.15) is 6.61 Å². The summed E-state index contributed by atoms with van der Waals surface area (Å²) in [7, 11) is 1.56. The molecule has 0 saturated carbocycles. The molecule has 0 fully saturated rings. The first kappa shape index (κ1) is 23.0. The minimum Gasteiger partial charge on any atom is -0.493 e. The van der Waals surface area contributed by atoms with Gasteiger partial charge in [0, 0.05) is 18.2 Å². The van der Waals surface area contributed by atoms with Crippen LogP contribution in [0.4, 0.5) is 5.69 Å². The number of anilines is 1. The summed E-state index contributed by atoms with van der Waals surface area (Å²) in [6, 6.07) is 20.0. The number of carbonyl (C=O) groups excluding carboxylic acids is 2. The van der Waals surface area contributed by atoms with Gasteiger partial charge in [-0.15, -0.1) is 0 Å². The third-order valence-electron chi connectivity index (χ3n) is 4.30. The van der Waals surface area contributed by atoms with E-state index in [1.807, 2.05) is 36.4 Å². The molecule has 0 unspecified atom stereocenters. The molecule has 3 rings (SSSR count). The van der Waals surface area contributed by atoms with E-state index in [1.165, 1.54) is 13.1 Å². The van der Waals surface area contributed by atoms with E-state index in [9.17, 15) is 9.59 Å². The largest absolute Gasteiger partial charge is 0.493 e. The van der Waals surface area contributed by atoms with Gasteiger partial charge in [0.15, 0.2) is 11.5 Å². The van der Waals surface area contributed by atoms with Gasteiger partial charge in [-0.05, 0) is 57.4 Å². The summed E-state index contributed by atoms with van der Waals surface area (Å²) in [5.74, 6) is 0.497. The van der Waals surface area contributed by atoms with Crippen molar-refractivity contribution in [1.29, 1.82) is 0 Å². The van der Waals surface area contributed by atoms with Crippen molar-refractivity contribution in [3.63, 3.8) is 0 Å². The van der Waals surface area contributed by atoms with E-state index in [-0.39, 0.29) is 5.91 Å². The van der Waals surface area contributed by atoms with Crippen LogP contribution in [0.15, 0.2) is 76.3 Å². The molecule has 0 saturated heterocycles. The highest BCUT2D eigenvalue weighted by molar-refractivity contribution is 9.10. The van der Waals surface area contributed by atoms with E-state index < -0.39 is 5.91 Å². The van der Waals surface area contributed by atoms with Gasteiger partial charge in [-0.25, -0.2) is 5.43 Å². The number of rotatable bonds is 8. The molecule has 32 heavy (non-hydrogen) atoms. The standard InChI is InChI=1S/C24H22BrN3O4/c1-16(29)27-20-10-6-9-19(13-20)24(30)28-26-14-18-11-21(25)23(22(12-18)31-2)32-15-17-7-4-3-5-8-17/h3-14H,15H2,1-2H3,(H,27,29)(H,28,30). The average Bonchev–Trinajstić information content (AvgIpc) is 2.78. The predicted octanol–water partition coefficient (Wildman–Crippen LogP) is 4.76. The molecule has 0 aliphatic carbocycles. The fraction of sp³-hybridized carbons (Fsp3) is 0.125. The van der Waals surface area contributed by atoms with Gasteiger partial charge in [-0.2, -0.15) is 5.10 Å². The van der Waals surface area contributed by atoms with Crippen molar-refractivity contribution < 1.29 is 19.1 Å². The van der Waals surface area contributed by atoms with Crippen LogP contribution < -0.4 is 20.2 Å². The monoisotopic (exact) mass is 495 g/mol. The molecule has 7 nitrogen and oxygen atoms in total. The number of methoxy groups -OCH3 is 1. The minimum atomic E-state index is -0.401. The maximum Gasteiger partial charge on any atom is 0.271 e. The highest BCUT2D eigenvalue weighted by Crippen LogP contribution is 2.36. The Morgan fingerprint density at radius 1 is 1.06 bits per heavy atom. The molecular weight excluding hydrogens is 474 g/mol. The Bertz CT molecular complexity index is 1130. The number of nitrogens with zero attached hydrogens (tertiary/aromatic N) is 1. The summed E-state index contributed by atoms with van der Waals surface area (Å²) in [5.41, 5.74) is 5.13. The molecule has 3 aromatic carbocycles. The summed E-state index contributed by atoms with van der Waals surface area (Å²) >= 11 is 3.51. The molecule has 0 aromatic heterocycles. The Kier molecular flexibility index (Phi) is 7.99. The Morgan fingerprint density at radius 3 is 2.56 bits per heavy atom. The van der Waals surface area contributed by atoms with Crippen LogP contribution in [-0.4, -0.2) is 25.1 Å². The van der Waals surface area contributed by atoms with Gasteiger partial charge >= 0.3 is 0 Å². The predicted molar refractivity (Wildman–Crippen MR) is 127 cm³/mol. The first-order valence-corrected chi connectivity index (χ1v) is 10.5. The molecule has 0 radical (unpaired) electrons. The minimum absolute atomic E-state index is 0.212. The van der Waals surface area contributed by atoms with Crippen LogP contribution >= 0.6 is 15.9 Å². The number of nitrogens with one attached hydrogen (secondary N) is 2. The summed E-state index contributed by atoms with van der Waals surface area (Å²) in [6.45, 7) is 1.80. The summed E-state index contributed by atoms with van der Waals surface area (Å²) < 4.78 is 12.1. The van der Waals surface area contributed by atoms with Crippen molar-refractivity contribution in [2.45, 2.75) is 13.5 Å². The lowest BCUT2D eigenvalue weighted by molar-refractivity contribution is -0.114. The lowest BCUT2D eigenvalue weighted by Crippen LogP contribution is -2.18. The SMILES string of the molecule is COc1cc(C=NNC(=O)c2cccc(NC(C)=O)c2)cc(Br)c1OCc1ccccc1. The van der Waals surface area contributed by atoms with Gasteiger partial charge in [-0.1, -0.05) is 36.4 Å². The Balaban J connectivity index is 1.67. The van der Waals surface area contributed by atoms with Crippen LogP contribution in [0, 0.1) is 0 Å². The van der Waals surface area contributed by atoms with Gasteiger partial charge < -0.3 is 14.8 Å². The molecule has 2 N–H and O–H groups in total. The molecule has 164 valence electrons. The molecule has 8 heteroatoms. The third kappa shape index (κ3) is 6.42. The van der Waals surface area contributed by atoms with Gasteiger partial charge in [0.2, 0.25) is 5.91 Å². The zero-order valence-corrected chi connectivity index (χ0v) is 19.2. The molecular formula is C24H22BrN3O4. The van der Waals surface area contributed by atoms with E-state index in [4.69, 9.17) is 9.47 Å². The van der Waals surface area contributed by atoms with Crippen molar-refractivity contribution in [2.24, 2.45) is 5.10 Å². The van der Waals surface area contributed by atoms with Crippen molar-refractivity contribution >= 4 is 39.6 Å². The van der Waals surface area contributed by atoms with Gasteiger partial charge in [0.25, 0.3) is 5.91 Å². The van der Waals surface area contributed by atoms with E-state index in [0.29, 0.717) is 39.4 Å². The highest BCUT2D eigenvalue weighted by atomic mass is 79.9. The van der Waals surface area contributed by atoms with E-state index in [0.717, 1.165) is 5.56 Å².